The molecule has 39 heavy (non-hydrogen) atoms. The molecule has 1 fully saturated rings. The van der Waals surface area contributed by atoms with Gasteiger partial charge in [-0.3, -0.25) is 16.0 Å². The molecule has 7 rings (SSSR count). The van der Waals surface area contributed by atoms with Crippen molar-refractivity contribution in [2.75, 3.05) is 0 Å². The molecule has 3 unspecified atom stereocenters. The molecule has 5 heteroatoms. The van der Waals surface area contributed by atoms with Crippen LogP contribution < -0.4 is 16.0 Å². The number of aromatic nitrogens is 1. The summed E-state index contributed by atoms with van der Waals surface area (Å²) in [5.74, 6) is 0. The smallest absolute Gasteiger partial charge is 0.0991 e. The molecule has 0 bridgehead atoms. The number of benzene rings is 5. The van der Waals surface area contributed by atoms with Crippen molar-refractivity contribution in [3.05, 3.63) is 150 Å². The Bertz CT molecular complexity index is 1760. The first-order valence-electron chi connectivity index (χ1n) is 13.2. The first-order valence-corrected chi connectivity index (χ1v) is 13.2. The highest BCUT2D eigenvalue weighted by atomic mass is 15.4. The summed E-state index contributed by atoms with van der Waals surface area (Å²) >= 11 is 0. The lowest BCUT2D eigenvalue weighted by molar-refractivity contribution is 0.203. The molecular formula is C34H27N5. The van der Waals surface area contributed by atoms with Crippen molar-refractivity contribution in [1.29, 1.82) is 5.26 Å². The zero-order valence-electron chi connectivity index (χ0n) is 21.3. The Morgan fingerprint density at radius 3 is 1.64 bits per heavy atom. The van der Waals surface area contributed by atoms with Crippen molar-refractivity contribution < 1.29 is 0 Å². The van der Waals surface area contributed by atoms with E-state index in [1.165, 1.54) is 21.8 Å². The average Bonchev–Trinajstić information content (AvgIpc) is 3.36. The molecule has 0 radical (unpaired) electrons. The van der Waals surface area contributed by atoms with Crippen LogP contribution in [-0.2, 0) is 0 Å². The van der Waals surface area contributed by atoms with Crippen LogP contribution in [0.4, 0.5) is 0 Å². The summed E-state index contributed by atoms with van der Waals surface area (Å²) in [5.41, 5.74) is 7.51. The van der Waals surface area contributed by atoms with Crippen LogP contribution in [-0.4, -0.2) is 4.57 Å². The predicted molar refractivity (Wildman–Crippen MR) is 156 cm³/mol. The van der Waals surface area contributed by atoms with Crippen LogP contribution >= 0.6 is 0 Å². The Balaban J connectivity index is 1.26. The fourth-order valence-electron chi connectivity index (χ4n) is 5.67. The van der Waals surface area contributed by atoms with E-state index < -0.39 is 0 Å². The van der Waals surface area contributed by atoms with Crippen molar-refractivity contribution in [2.24, 2.45) is 0 Å². The number of rotatable bonds is 4. The van der Waals surface area contributed by atoms with Gasteiger partial charge in [-0.15, -0.1) is 0 Å². The van der Waals surface area contributed by atoms with Gasteiger partial charge >= 0.3 is 0 Å². The number of nitriles is 1. The van der Waals surface area contributed by atoms with Crippen molar-refractivity contribution in [2.45, 2.75) is 18.5 Å². The third-order valence-electron chi connectivity index (χ3n) is 7.55. The minimum Gasteiger partial charge on any atom is -0.309 e. The second kappa shape index (κ2) is 9.86. The molecule has 0 spiro atoms. The van der Waals surface area contributed by atoms with E-state index in [9.17, 15) is 5.26 Å². The van der Waals surface area contributed by atoms with E-state index in [-0.39, 0.29) is 18.5 Å². The van der Waals surface area contributed by atoms with Crippen molar-refractivity contribution >= 4 is 21.8 Å². The molecule has 6 aromatic rings. The topological polar surface area (TPSA) is 64.8 Å². The van der Waals surface area contributed by atoms with Gasteiger partial charge in [-0.2, -0.15) is 5.26 Å². The number of hydrogen-bond donors (Lipinski definition) is 3. The molecule has 0 aliphatic carbocycles. The first-order chi connectivity index (χ1) is 19.3. The van der Waals surface area contributed by atoms with E-state index in [1.807, 2.05) is 24.3 Å². The van der Waals surface area contributed by atoms with Crippen LogP contribution in [0, 0.1) is 11.3 Å². The molecule has 3 N–H and O–H groups in total. The molecule has 188 valence electrons. The van der Waals surface area contributed by atoms with E-state index in [2.05, 4.69) is 130 Å². The standard InChI is InChI=1S/C34H27N5/c35-22-23-9-8-12-26(21-23)34-37-32(24-10-2-1-3-11-24)36-33(38-34)25-17-19-27(20-18-25)39-30-15-6-4-13-28(30)29-14-5-7-16-31(29)39/h1-21,32-34,36-38H. The third kappa shape index (κ3) is 4.27. The van der Waals surface area contributed by atoms with Crippen LogP contribution in [0.2, 0.25) is 0 Å². The quantitative estimate of drug-likeness (QED) is 0.246. The number of nitrogens with one attached hydrogen (secondary N) is 3. The summed E-state index contributed by atoms with van der Waals surface area (Å²) in [4.78, 5) is 0. The lowest BCUT2D eigenvalue weighted by Gasteiger charge is -2.39. The largest absolute Gasteiger partial charge is 0.309 e. The molecular weight excluding hydrogens is 478 g/mol. The highest BCUT2D eigenvalue weighted by Crippen LogP contribution is 2.33. The normalized spacial score (nSPS) is 19.2. The maximum Gasteiger partial charge on any atom is 0.0991 e. The lowest BCUT2D eigenvalue weighted by atomic mass is 10.0. The van der Waals surface area contributed by atoms with Gasteiger partial charge in [-0.25, -0.2) is 0 Å². The maximum absolute atomic E-state index is 9.45. The van der Waals surface area contributed by atoms with Gasteiger partial charge in [0.05, 0.1) is 41.2 Å². The molecule has 5 aromatic carbocycles. The summed E-state index contributed by atoms with van der Waals surface area (Å²) in [6.07, 6.45) is -0.295. The van der Waals surface area contributed by atoms with Gasteiger partial charge in [0.25, 0.3) is 0 Å². The van der Waals surface area contributed by atoms with Gasteiger partial charge in [0.1, 0.15) is 0 Å². The van der Waals surface area contributed by atoms with E-state index in [1.54, 1.807) is 0 Å². The molecule has 2 heterocycles. The Labute approximate surface area is 227 Å². The van der Waals surface area contributed by atoms with Crippen LogP contribution in [0.5, 0.6) is 0 Å². The zero-order valence-corrected chi connectivity index (χ0v) is 21.3. The summed E-state index contributed by atoms with van der Waals surface area (Å²) in [6.45, 7) is 0. The Morgan fingerprint density at radius 1 is 0.513 bits per heavy atom. The highest BCUT2D eigenvalue weighted by Gasteiger charge is 2.29. The van der Waals surface area contributed by atoms with Crippen LogP contribution in [0.3, 0.4) is 0 Å². The minimum absolute atomic E-state index is 0.0646. The van der Waals surface area contributed by atoms with E-state index >= 15 is 0 Å². The predicted octanol–water partition coefficient (Wildman–Crippen LogP) is 6.83. The number of para-hydroxylation sites is 2. The molecule has 0 saturated carbocycles. The average molecular weight is 506 g/mol. The fourth-order valence-corrected chi connectivity index (χ4v) is 5.67. The number of nitrogens with zero attached hydrogens (tertiary/aromatic N) is 2. The van der Waals surface area contributed by atoms with Crippen molar-refractivity contribution in [3.63, 3.8) is 0 Å². The van der Waals surface area contributed by atoms with Crippen molar-refractivity contribution in [3.8, 4) is 11.8 Å². The Kier molecular flexibility index (Phi) is 5.92. The summed E-state index contributed by atoms with van der Waals surface area (Å²) < 4.78 is 2.33. The molecule has 5 nitrogen and oxygen atoms in total. The molecule has 1 aromatic heterocycles. The molecule has 1 aliphatic rings. The van der Waals surface area contributed by atoms with Crippen LogP contribution in [0.1, 0.15) is 40.8 Å². The van der Waals surface area contributed by atoms with Gasteiger partial charge < -0.3 is 4.57 Å². The van der Waals surface area contributed by atoms with Gasteiger partial charge in [0.2, 0.25) is 0 Å². The van der Waals surface area contributed by atoms with Gasteiger partial charge in [0.15, 0.2) is 0 Å². The van der Waals surface area contributed by atoms with Crippen LogP contribution in [0.15, 0.2) is 127 Å². The third-order valence-corrected chi connectivity index (χ3v) is 7.55. The second-order valence-electron chi connectivity index (χ2n) is 9.91. The van der Waals surface area contributed by atoms with E-state index in [4.69, 9.17) is 0 Å². The lowest BCUT2D eigenvalue weighted by Crippen LogP contribution is -2.54. The number of hydrogen-bond acceptors (Lipinski definition) is 4. The fraction of sp³-hybridized carbons (Fsp3) is 0.0882. The molecule has 3 atom stereocenters. The summed E-state index contributed by atoms with van der Waals surface area (Å²) in [7, 11) is 0. The molecule has 1 saturated heterocycles. The Hall–Kier alpha value is -4.73. The zero-order chi connectivity index (χ0) is 26.2. The highest BCUT2D eigenvalue weighted by molar-refractivity contribution is 6.09. The van der Waals surface area contributed by atoms with E-state index in [0.717, 1.165) is 22.4 Å². The molecule has 1 aliphatic heterocycles. The first kappa shape index (κ1) is 23.4. The maximum atomic E-state index is 9.45. The van der Waals surface area contributed by atoms with Crippen molar-refractivity contribution in [1.82, 2.24) is 20.5 Å². The van der Waals surface area contributed by atoms with Gasteiger partial charge in [-0.1, -0.05) is 91.0 Å². The van der Waals surface area contributed by atoms with Crippen LogP contribution in [0.25, 0.3) is 27.5 Å². The Morgan fingerprint density at radius 2 is 1.03 bits per heavy atom. The SMILES string of the molecule is N#Cc1cccc(C2NC(c3ccccc3)NC(c3ccc(-n4c5ccccc5c5ccccc54)cc3)N2)c1. The summed E-state index contributed by atoms with van der Waals surface area (Å²) in [5, 5.41) is 23.1. The van der Waals surface area contributed by atoms with Gasteiger partial charge in [-0.05, 0) is 53.1 Å². The monoisotopic (exact) mass is 505 g/mol. The van der Waals surface area contributed by atoms with E-state index in [0.29, 0.717) is 5.56 Å². The van der Waals surface area contributed by atoms with Gasteiger partial charge in [0, 0.05) is 16.5 Å². The number of fused-ring (bicyclic) bond motifs is 3. The minimum atomic E-state index is -0.133. The molecule has 0 amide bonds. The summed E-state index contributed by atoms with van der Waals surface area (Å²) in [6, 6.07) is 46.4. The second-order valence-corrected chi connectivity index (χ2v) is 9.91.